The number of piperidine rings is 1. The number of thioether (sulfide) groups is 1. The second-order valence-electron chi connectivity index (χ2n) is 6.34. The summed E-state index contributed by atoms with van der Waals surface area (Å²) in [7, 11) is 2.23. The van der Waals surface area contributed by atoms with Crippen LogP contribution in [0.5, 0.6) is 0 Å². The van der Waals surface area contributed by atoms with Gasteiger partial charge in [-0.3, -0.25) is 4.99 Å². The summed E-state index contributed by atoms with van der Waals surface area (Å²) >= 11 is 1.96. The Kier molecular flexibility index (Phi) is 3.59. The van der Waals surface area contributed by atoms with Crippen LogP contribution in [-0.2, 0) is 0 Å². The van der Waals surface area contributed by atoms with Gasteiger partial charge >= 0.3 is 0 Å². The molecule has 2 aliphatic heterocycles. The van der Waals surface area contributed by atoms with Crippen molar-refractivity contribution in [2.24, 2.45) is 4.99 Å². The van der Waals surface area contributed by atoms with Gasteiger partial charge in [0.05, 0.1) is 6.04 Å². The molecule has 3 rings (SSSR count). The Labute approximate surface area is 115 Å². The van der Waals surface area contributed by atoms with E-state index in [0.29, 0.717) is 17.6 Å². The summed E-state index contributed by atoms with van der Waals surface area (Å²) < 4.78 is 0. The van der Waals surface area contributed by atoms with Crippen molar-refractivity contribution < 1.29 is 0 Å². The molecule has 0 amide bonds. The lowest BCUT2D eigenvalue weighted by Crippen LogP contribution is -2.42. The van der Waals surface area contributed by atoms with Crippen LogP contribution in [-0.4, -0.2) is 47.0 Å². The quantitative estimate of drug-likeness (QED) is 0.791. The molecule has 0 bridgehead atoms. The molecule has 3 nitrogen and oxygen atoms in total. The number of rotatable bonds is 1. The van der Waals surface area contributed by atoms with E-state index in [1.807, 2.05) is 11.8 Å². The smallest absolute Gasteiger partial charge is 0.157 e. The van der Waals surface area contributed by atoms with Crippen LogP contribution < -0.4 is 5.32 Å². The molecule has 102 valence electrons. The standard InChI is InChI=1S/C14H25N3S/c1-11-9-12(5-8-17(11)2)15-13-16-14(10-18-13)6-3-4-7-14/h11-12H,3-10H2,1-2H3,(H,15,16). The fraction of sp³-hybridized carbons (Fsp3) is 0.929. The molecule has 0 aromatic rings. The van der Waals surface area contributed by atoms with Crippen LogP contribution in [0.15, 0.2) is 4.99 Å². The first-order valence-corrected chi connectivity index (χ1v) is 8.34. The van der Waals surface area contributed by atoms with E-state index in [1.165, 1.54) is 56.0 Å². The fourth-order valence-corrected chi connectivity index (χ4v) is 4.73. The van der Waals surface area contributed by atoms with Gasteiger partial charge in [0.15, 0.2) is 5.17 Å². The molecule has 18 heavy (non-hydrogen) atoms. The van der Waals surface area contributed by atoms with Gasteiger partial charge in [-0.25, -0.2) is 0 Å². The van der Waals surface area contributed by atoms with Gasteiger partial charge in [0.1, 0.15) is 0 Å². The van der Waals surface area contributed by atoms with E-state index in [1.54, 1.807) is 0 Å². The summed E-state index contributed by atoms with van der Waals surface area (Å²) in [6, 6.07) is 1.22. The van der Waals surface area contributed by atoms with Crippen molar-refractivity contribution in [3.63, 3.8) is 0 Å². The largest absolute Gasteiger partial charge is 0.359 e. The SMILES string of the molecule is CC1CC(N=C2NC3(CCCC3)CS2)CCN1C. The van der Waals surface area contributed by atoms with E-state index in [-0.39, 0.29) is 0 Å². The second kappa shape index (κ2) is 5.04. The number of hydrogen-bond donors (Lipinski definition) is 1. The first-order valence-electron chi connectivity index (χ1n) is 7.36. The summed E-state index contributed by atoms with van der Waals surface area (Å²) in [4.78, 5) is 7.43. The Morgan fingerprint density at radius 1 is 1.39 bits per heavy atom. The van der Waals surface area contributed by atoms with E-state index in [9.17, 15) is 0 Å². The van der Waals surface area contributed by atoms with Gasteiger partial charge in [0.25, 0.3) is 0 Å². The summed E-state index contributed by atoms with van der Waals surface area (Å²) in [5, 5.41) is 4.97. The van der Waals surface area contributed by atoms with Crippen LogP contribution in [0.3, 0.4) is 0 Å². The molecule has 0 aromatic carbocycles. The molecule has 2 unspecified atom stereocenters. The minimum absolute atomic E-state index is 0.417. The monoisotopic (exact) mass is 267 g/mol. The number of likely N-dealkylation sites (tertiary alicyclic amines) is 1. The maximum atomic E-state index is 4.98. The van der Waals surface area contributed by atoms with Crippen molar-refractivity contribution in [2.45, 2.75) is 63.1 Å². The lowest BCUT2D eigenvalue weighted by molar-refractivity contribution is 0.184. The zero-order valence-corrected chi connectivity index (χ0v) is 12.4. The predicted molar refractivity (Wildman–Crippen MR) is 79.3 cm³/mol. The topological polar surface area (TPSA) is 27.6 Å². The summed E-state index contributed by atoms with van der Waals surface area (Å²) in [5.41, 5.74) is 0.417. The van der Waals surface area contributed by atoms with Crippen LogP contribution in [0, 0.1) is 0 Å². The number of aliphatic imine (C=N–C) groups is 1. The van der Waals surface area contributed by atoms with Gasteiger partial charge < -0.3 is 10.2 Å². The minimum Gasteiger partial charge on any atom is -0.359 e. The summed E-state index contributed by atoms with van der Waals surface area (Å²) in [6.45, 7) is 3.51. The first kappa shape index (κ1) is 12.8. The molecule has 3 aliphatic rings. The minimum atomic E-state index is 0.417. The van der Waals surface area contributed by atoms with E-state index >= 15 is 0 Å². The number of amidine groups is 1. The Morgan fingerprint density at radius 3 is 2.89 bits per heavy atom. The molecule has 2 atom stereocenters. The average Bonchev–Trinajstić information content (AvgIpc) is 2.96. The lowest BCUT2D eigenvalue weighted by Gasteiger charge is -2.33. The van der Waals surface area contributed by atoms with Gasteiger partial charge in [-0.2, -0.15) is 0 Å². The van der Waals surface area contributed by atoms with Crippen molar-refractivity contribution in [3.05, 3.63) is 0 Å². The molecule has 1 spiro atoms. The van der Waals surface area contributed by atoms with Crippen LogP contribution >= 0.6 is 11.8 Å². The van der Waals surface area contributed by atoms with E-state index in [0.717, 1.165) is 0 Å². The molecular weight excluding hydrogens is 242 g/mol. The van der Waals surface area contributed by atoms with Crippen LogP contribution in [0.25, 0.3) is 0 Å². The molecule has 0 radical (unpaired) electrons. The van der Waals surface area contributed by atoms with Crippen molar-refractivity contribution in [3.8, 4) is 0 Å². The summed E-state index contributed by atoms with van der Waals surface area (Å²) in [6.07, 6.45) is 7.93. The zero-order chi connectivity index (χ0) is 12.6. The highest BCUT2D eigenvalue weighted by Gasteiger charge is 2.39. The first-order chi connectivity index (χ1) is 8.67. The third-order valence-corrected chi connectivity index (χ3v) is 6.08. The molecule has 2 heterocycles. The van der Waals surface area contributed by atoms with Crippen LogP contribution in [0.2, 0.25) is 0 Å². The third-order valence-electron chi connectivity index (χ3n) is 4.90. The molecule has 4 heteroatoms. The molecule has 0 aromatic heterocycles. The maximum Gasteiger partial charge on any atom is 0.157 e. The van der Waals surface area contributed by atoms with Crippen molar-refractivity contribution >= 4 is 16.9 Å². The molecule has 1 N–H and O–H groups in total. The highest BCUT2D eigenvalue weighted by atomic mass is 32.2. The molecular formula is C14H25N3S. The van der Waals surface area contributed by atoms with Crippen LogP contribution in [0.1, 0.15) is 45.4 Å². The van der Waals surface area contributed by atoms with Gasteiger partial charge in [-0.1, -0.05) is 24.6 Å². The average molecular weight is 267 g/mol. The number of hydrogen-bond acceptors (Lipinski definition) is 3. The number of nitrogens with zero attached hydrogens (tertiary/aromatic N) is 2. The van der Waals surface area contributed by atoms with Gasteiger partial charge in [-0.15, -0.1) is 0 Å². The molecule has 3 fully saturated rings. The Hall–Kier alpha value is -0.220. The molecule has 2 saturated heterocycles. The van der Waals surface area contributed by atoms with Gasteiger partial charge in [-0.05, 0) is 39.7 Å². The van der Waals surface area contributed by atoms with Crippen LogP contribution in [0.4, 0.5) is 0 Å². The maximum absolute atomic E-state index is 4.98. The Morgan fingerprint density at radius 2 is 2.17 bits per heavy atom. The molecule has 1 aliphatic carbocycles. The third kappa shape index (κ3) is 2.55. The second-order valence-corrected chi connectivity index (χ2v) is 7.31. The normalized spacial score (nSPS) is 38.4. The Bertz CT molecular complexity index is 336. The van der Waals surface area contributed by atoms with Gasteiger partial charge in [0.2, 0.25) is 0 Å². The molecule has 1 saturated carbocycles. The van der Waals surface area contributed by atoms with Crippen molar-refractivity contribution in [1.82, 2.24) is 10.2 Å². The lowest BCUT2D eigenvalue weighted by atomic mass is 9.99. The fourth-order valence-electron chi connectivity index (χ4n) is 3.44. The van der Waals surface area contributed by atoms with E-state index < -0.39 is 0 Å². The number of nitrogens with one attached hydrogen (secondary N) is 1. The van der Waals surface area contributed by atoms with Gasteiger partial charge in [0, 0.05) is 23.9 Å². The zero-order valence-electron chi connectivity index (χ0n) is 11.6. The Balaban J connectivity index is 1.60. The highest BCUT2D eigenvalue weighted by molar-refractivity contribution is 8.14. The van der Waals surface area contributed by atoms with E-state index in [2.05, 4.69) is 24.2 Å². The van der Waals surface area contributed by atoms with Crippen molar-refractivity contribution in [2.75, 3.05) is 19.3 Å². The van der Waals surface area contributed by atoms with E-state index in [4.69, 9.17) is 4.99 Å². The summed E-state index contributed by atoms with van der Waals surface area (Å²) in [5.74, 6) is 1.24. The highest BCUT2D eigenvalue weighted by Crippen LogP contribution is 2.37. The predicted octanol–water partition coefficient (Wildman–Crippen LogP) is 2.47. The van der Waals surface area contributed by atoms with Crippen molar-refractivity contribution in [1.29, 1.82) is 0 Å².